The number of aromatic nitrogens is 3. The lowest BCUT2D eigenvalue weighted by Crippen LogP contribution is -2.42. The van der Waals surface area contributed by atoms with E-state index in [4.69, 9.17) is 5.73 Å². The first-order valence-electron chi connectivity index (χ1n) is 7.70. The van der Waals surface area contributed by atoms with Crippen molar-refractivity contribution in [2.45, 2.75) is 25.8 Å². The number of aromatic amines is 2. The minimum absolute atomic E-state index is 0.147. The number of nitrogens with two attached hydrogens (primary N) is 1. The molecule has 2 aromatic heterocycles. The van der Waals surface area contributed by atoms with Gasteiger partial charge < -0.3 is 21.0 Å². The molecular weight excluding hydrogens is 290 g/mol. The van der Waals surface area contributed by atoms with Crippen molar-refractivity contribution in [2.24, 2.45) is 5.73 Å². The summed E-state index contributed by atoms with van der Waals surface area (Å²) in [4.78, 5) is 22.2. The van der Waals surface area contributed by atoms with Crippen molar-refractivity contribution in [1.29, 1.82) is 0 Å². The Balaban J connectivity index is 1.50. The molecule has 2 heterocycles. The average Bonchev–Trinajstić information content (AvgIpc) is 3.15. The smallest absolute Gasteiger partial charge is 0.237 e. The molecule has 0 saturated carbocycles. The molecule has 1 atom stereocenters. The van der Waals surface area contributed by atoms with E-state index in [0.29, 0.717) is 13.0 Å². The Morgan fingerprint density at radius 3 is 3.00 bits per heavy atom. The third kappa shape index (κ3) is 3.78. The lowest BCUT2D eigenvalue weighted by Gasteiger charge is -2.10. The maximum absolute atomic E-state index is 12.0. The molecular formula is C17H21N5O. The summed E-state index contributed by atoms with van der Waals surface area (Å²) in [5.74, 6) is -0.147. The Bertz CT molecular complexity index is 791. The van der Waals surface area contributed by atoms with Crippen LogP contribution in [0.4, 0.5) is 0 Å². The van der Waals surface area contributed by atoms with Gasteiger partial charge in [0.05, 0.1) is 12.4 Å². The van der Waals surface area contributed by atoms with Crippen molar-refractivity contribution in [3.63, 3.8) is 0 Å². The van der Waals surface area contributed by atoms with E-state index < -0.39 is 6.04 Å². The highest BCUT2D eigenvalue weighted by molar-refractivity contribution is 5.82. The topological polar surface area (TPSA) is 99.6 Å². The molecule has 0 aliphatic carbocycles. The third-order valence-corrected chi connectivity index (χ3v) is 3.86. The second-order valence-corrected chi connectivity index (χ2v) is 5.81. The van der Waals surface area contributed by atoms with Crippen LogP contribution in [-0.4, -0.2) is 33.4 Å². The molecule has 0 aliphatic rings. The zero-order chi connectivity index (χ0) is 16.2. The van der Waals surface area contributed by atoms with E-state index in [1.807, 2.05) is 0 Å². The van der Waals surface area contributed by atoms with E-state index in [1.165, 1.54) is 10.9 Å². The number of imidazole rings is 1. The molecule has 23 heavy (non-hydrogen) atoms. The van der Waals surface area contributed by atoms with Crippen molar-refractivity contribution < 1.29 is 4.79 Å². The number of amides is 1. The van der Waals surface area contributed by atoms with Crippen LogP contribution >= 0.6 is 0 Å². The van der Waals surface area contributed by atoms with Gasteiger partial charge in [-0.2, -0.15) is 0 Å². The van der Waals surface area contributed by atoms with Crippen LogP contribution in [0.5, 0.6) is 0 Å². The standard InChI is InChI=1S/C17H21N5O/c1-11-2-3-12-7-13(22-16(12)6-11)4-5-20-17(23)15(18)8-14-9-19-10-21-14/h2-3,6-7,9-10,15,22H,4-5,8,18H2,1H3,(H,19,21)(H,20,23). The van der Waals surface area contributed by atoms with Crippen molar-refractivity contribution in [3.8, 4) is 0 Å². The molecule has 1 aromatic carbocycles. The monoisotopic (exact) mass is 311 g/mol. The van der Waals surface area contributed by atoms with Gasteiger partial charge in [0.25, 0.3) is 0 Å². The van der Waals surface area contributed by atoms with Crippen LogP contribution in [0.2, 0.25) is 0 Å². The molecule has 0 radical (unpaired) electrons. The number of H-pyrrole nitrogens is 2. The molecule has 1 amide bonds. The van der Waals surface area contributed by atoms with E-state index in [0.717, 1.165) is 23.3 Å². The molecule has 0 aliphatic heterocycles. The highest BCUT2D eigenvalue weighted by Gasteiger charge is 2.14. The molecule has 5 N–H and O–H groups in total. The molecule has 0 spiro atoms. The fraction of sp³-hybridized carbons (Fsp3) is 0.294. The summed E-state index contributed by atoms with van der Waals surface area (Å²) < 4.78 is 0. The Kier molecular flexibility index (Phi) is 4.43. The Morgan fingerprint density at radius 2 is 2.22 bits per heavy atom. The fourth-order valence-electron chi connectivity index (χ4n) is 2.61. The van der Waals surface area contributed by atoms with Gasteiger partial charge in [0, 0.05) is 42.5 Å². The number of aryl methyl sites for hydroxylation is 1. The number of benzene rings is 1. The minimum Gasteiger partial charge on any atom is -0.358 e. The van der Waals surface area contributed by atoms with Crippen molar-refractivity contribution in [3.05, 3.63) is 53.7 Å². The van der Waals surface area contributed by atoms with Gasteiger partial charge in [0.2, 0.25) is 5.91 Å². The second-order valence-electron chi connectivity index (χ2n) is 5.81. The third-order valence-electron chi connectivity index (χ3n) is 3.86. The molecule has 6 nitrogen and oxygen atoms in total. The van der Waals surface area contributed by atoms with E-state index >= 15 is 0 Å². The van der Waals surface area contributed by atoms with E-state index in [1.54, 1.807) is 12.5 Å². The van der Waals surface area contributed by atoms with Crippen molar-refractivity contribution in [1.82, 2.24) is 20.3 Å². The Labute approximate surface area is 134 Å². The quantitative estimate of drug-likeness (QED) is 0.554. The van der Waals surface area contributed by atoms with Gasteiger partial charge in [0.15, 0.2) is 0 Å². The summed E-state index contributed by atoms with van der Waals surface area (Å²) in [5, 5.41) is 4.07. The summed E-state index contributed by atoms with van der Waals surface area (Å²) in [7, 11) is 0. The van der Waals surface area contributed by atoms with Gasteiger partial charge in [0.1, 0.15) is 0 Å². The number of nitrogens with zero attached hydrogens (tertiary/aromatic N) is 1. The summed E-state index contributed by atoms with van der Waals surface area (Å²) in [5.41, 5.74) is 10.2. The van der Waals surface area contributed by atoms with E-state index in [9.17, 15) is 4.79 Å². The fourth-order valence-corrected chi connectivity index (χ4v) is 2.61. The highest BCUT2D eigenvalue weighted by atomic mass is 16.2. The van der Waals surface area contributed by atoms with Gasteiger partial charge >= 0.3 is 0 Å². The second kappa shape index (κ2) is 6.66. The first kappa shape index (κ1) is 15.3. The number of carbonyl (C=O) groups is 1. The van der Waals surface area contributed by atoms with Crippen molar-refractivity contribution in [2.75, 3.05) is 6.54 Å². The molecule has 1 unspecified atom stereocenters. The Hall–Kier alpha value is -2.60. The predicted molar refractivity (Wildman–Crippen MR) is 90.0 cm³/mol. The lowest BCUT2D eigenvalue weighted by atomic mass is 10.1. The molecule has 120 valence electrons. The van der Waals surface area contributed by atoms with Crippen LogP contribution in [0.25, 0.3) is 10.9 Å². The zero-order valence-electron chi connectivity index (χ0n) is 13.1. The zero-order valence-corrected chi connectivity index (χ0v) is 13.1. The molecule has 0 saturated heterocycles. The molecule has 0 bridgehead atoms. The minimum atomic E-state index is -0.569. The maximum Gasteiger partial charge on any atom is 0.237 e. The number of rotatable bonds is 6. The van der Waals surface area contributed by atoms with Crippen molar-refractivity contribution >= 4 is 16.8 Å². The van der Waals surface area contributed by atoms with E-state index in [2.05, 4.69) is 51.5 Å². The molecule has 0 fully saturated rings. The number of hydrogen-bond donors (Lipinski definition) is 4. The van der Waals surface area contributed by atoms with Crippen LogP contribution in [0.3, 0.4) is 0 Å². The molecule has 3 aromatic rings. The normalized spacial score (nSPS) is 12.4. The highest BCUT2D eigenvalue weighted by Crippen LogP contribution is 2.16. The summed E-state index contributed by atoms with van der Waals surface area (Å²) in [6.45, 7) is 2.63. The lowest BCUT2D eigenvalue weighted by molar-refractivity contribution is -0.122. The van der Waals surface area contributed by atoms with Crippen LogP contribution in [0.15, 0.2) is 36.8 Å². The first-order chi connectivity index (χ1) is 11.1. The molecule has 3 rings (SSSR count). The SMILES string of the molecule is Cc1ccc2cc(CCNC(=O)C(N)Cc3cnc[nH]3)[nH]c2c1. The van der Waals surface area contributed by atoms with Crippen LogP contribution in [0, 0.1) is 6.92 Å². The van der Waals surface area contributed by atoms with Crippen LogP contribution in [-0.2, 0) is 17.6 Å². The first-order valence-corrected chi connectivity index (χ1v) is 7.70. The summed E-state index contributed by atoms with van der Waals surface area (Å²) in [6, 6.07) is 7.86. The van der Waals surface area contributed by atoms with Gasteiger partial charge in [-0.1, -0.05) is 12.1 Å². The number of nitrogens with one attached hydrogen (secondary N) is 3. The predicted octanol–water partition coefficient (Wildman–Crippen LogP) is 1.43. The van der Waals surface area contributed by atoms with Gasteiger partial charge in [-0.15, -0.1) is 0 Å². The largest absolute Gasteiger partial charge is 0.358 e. The maximum atomic E-state index is 12.0. The summed E-state index contributed by atoms with van der Waals surface area (Å²) in [6.07, 6.45) is 4.46. The average molecular weight is 311 g/mol. The number of hydrogen-bond acceptors (Lipinski definition) is 3. The van der Waals surface area contributed by atoms with Gasteiger partial charge in [-0.05, 0) is 30.0 Å². The number of carbonyl (C=O) groups excluding carboxylic acids is 1. The number of fused-ring (bicyclic) bond motifs is 1. The van der Waals surface area contributed by atoms with Gasteiger partial charge in [-0.25, -0.2) is 4.98 Å². The van der Waals surface area contributed by atoms with Crippen LogP contribution < -0.4 is 11.1 Å². The summed E-state index contributed by atoms with van der Waals surface area (Å²) >= 11 is 0. The van der Waals surface area contributed by atoms with Crippen LogP contribution in [0.1, 0.15) is 17.0 Å². The molecule has 6 heteroatoms. The Morgan fingerprint density at radius 1 is 1.35 bits per heavy atom. The van der Waals surface area contributed by atoms with Gasteiger partial charge in [-0.3, -0.25) is 4.79 Å². The van der Waals surface area contributed by atoms with E-state index in [-0.39, 0.29) is 5.91 Å².